The van der Waals surface area contributed by atoms with Crippen LogP contribution in [0.5, 0.6) is 0 Å². The van der Waals surface area contributed by atoms with Crippen LogP contribution < -0.4 is 0 Å². The van der Waals surface area contributed by atoms with E-state index in [1.54, 1.807) is 0 Å². The van der Waals surface area contributed by atoms with Gasteiger partial charge in [-0.2, -0.15) is 0 Å². The van der Waals surface area contributed by atoms with Gasteiger partial charge in [0.05, 0.1) is 5.69 Å². The molecule has 3 rings (SSSR count). The first-order valence-electron chi connectivity index (χ1n) is 6.42. The highest BCUT2D eigenvalue weighted by Gasteiger charge is 2.02. The molecule has 1 heterocycles. The van der Waals surface area contributed by atoms with Gasteiger partial charge in [0.2, 0.25) is 0 Å². The van der Waals surface area contributed by atoms with Crippen LogP contribution in [-0.2, 0) is 0 Å². The molecule has 0 N–H and O–H groups in total. The van der Waals surface area contributed by atoms with E-state index in [0.717, 1.165) is 5.69 Å². The van der Waals surface area contributed by atoms with Crippen molar-refractivity contribution in [3.05, 3.63) is 78.1 Å². The number of rotatable bonds is 2. The summed E-state index contributed by atoms with van der Waals surface area (Å²) in [7, 11) is 0. The van der Waals surface area contributed by atoms with Gasteiger partial charge < -0.3 is 0 Å². The van der Waals surface area contributed by atoms with E-state index in [4.69, 9.17) is 0 Å². The number of nitrogens with zero attached hydrogens (tertiary/aromatic N) is 1. The largest absolute Gasteiger partial charge is 0.257 e. The van der Waals surface area contributed by atoms with E-state index in [2.05, 4.69) is 60.4 Å². The van der Waals surface area contributed by atoms with Gasteiger partial charge in [-0.15, -0.1) is 0 Å². The van der Waals surface area contributed by atoms with Crippen molar-refractivity contribution in [3.8, 4) is 0 Å². The second-order valence-electron chi connectivity index (χ2n) is 4.61. The summed E-state index contributed by atoms with van der Waals surface area (Å²) in [6.07, 6.45) is 3.95. The number of benzene rings is 2. The Morgan fingerprint density at radius 3 is 2.53 bits per heavy atom. The van der Waals surface area contributed by atoms with Crippen LogP contribution in [0.15, 0.2) is 66.9 Å². The summed E-state index contributed by atoms with van der Waals surface area (Å²) in [4.78, 5) is 4.35. The normalized spacial score (nSPS) is 11.7. The molecular formula is C18H15N. The van der Waals surface area contributed by atoms with E-state index < -0.39 is 0 Å². The summed E-state index contributed by atoms with van der Waals surface area (Å²) >= 11 is 0. The van der Waals surface area contributed by atoms with Crippen molar-refractivity contribution in [1.29, 1.82) is 0 Å². The van der Waals surface area contributed by atoms with E-state index in [1.165, 1.54) is 21.9 Å². The fourth-order valence-corrected chi connectivity index (χ4v) is 2.33. The molecule has 0 saturated carbocycles. The zero-order valence-corrected chi connectivity index (χ0v) is 10.9. The van der Waals surface area contributed by atoms with Crippen LogP contribution >= 0.6 is 0 Å². The molecule has 0 saturated heterocycles. The molecule has 3 aromatic rings. The number of fused-ring (bicyclic) bond motifs is 1. The third-order valence-corrected chi connectivity index (χ3v) is 3.27. The average molecular weight is 245 g/mol. The summed E-state index contributed by atoms with van der Waals surface area (Å²) in [6.45, 7) is 2.14. The lowest BCUT2D eigenvalue weighted by atomic mass is 9.98. The maximum Gasteiger partial charge on any atom is 0.0632 e. The van der Waals surface area contributed by atoms with E-state index in [-0.39, 0.29) is 0 Å². The Hall–Kier alpha value is -2.41. The highest BCUT2D eigenvalue weighted by molar-refractivity contribution is 5.96. The van der Waals surface area contributed by atoms with Gasteiger partial charge in [-0.3, -0.25) is 4.98 Å². The van der Waals surface area contributed by atoms with Crippen molar-refractivity contribution in [3.63, 3.8) is 0 Å². The lowest BCUT2D eigenvalue weighted by Gasteiger charge is -2.07. The molecule has 0 aliphatic rings. The maximum absolute atomic E-state index is 4.35. The molecule has 1 aromatic heterocycles. The standard InChI is InChI=1S/C18H15N/c1-14(13-16-9-4-5-12-19-16)17-11-6-8-15-7-2-3-10-18(15)17/h2-13H,1H3/b14-13+. The van der Waals surface area contributed by atoms with Crippen molar-refractivity contribution in [2.45, 2.75) is 6.92 Å². The second-order valence-corrected chi connectivity index (χ2v) is 4.61. The Balaban J connectivity index is 2.12. The van der Waals surface area contributed by atoms with Crippen LogP contribution in [0.3, 0.4) is 0 Å². The molecule has 0 spiro atoms. The fraction of sp³-hybridized carbons (Fsp3) is 0.0556. The highest BCUT2D eigenvalue weighted by atomic mass is 14.6. The van der Waals surface area contributed by atoms with E-state index >= 15 is 0 Å². The van der Waals surface area contributed by atoms with Crippen LogP contribution in [-0.4, -0.2) is 4.98 Å². The predicted octanol–water partition coefficient (Wildman–Crippen LogP) is 4.80. The smallest absolute Gasteiger partial charge is 0.0632 e. The molecule has 0 aliphatic carbocycles. The molecule has 0 atom stereocenters. The molecule has 0 aliphatic heterocycles. The van der Waals surface area contributed by atoms with Gasteiger partial charge >= 0.3 is 0 Å². The fourth-order valence-electron chi connectivity index (χ4n) is 2.33. The molecule has 0 radical (unpaired) electrons. The Kier molecular flexibility index (Phi) is 3.11. The van der Waals surface area contributed by atoms with Crippen LogP contribution in [0.1, 0.15) is 18.2 Å². The van der Waals surface area contributed by atoms with E-state index in [1.807, 2.05) is 24.4 Å². The Labute approximate surface area is 113 Å². The minimum absolute atomic E-state index is 0.993. The summed E-state index contributed by atoms with van der Waals surface area (Å²) in [5.74, 6) is 0. The zero-order valence-electron chi connectivity index (χ0n) is 10.9. The zero-order chi connectivity index (χ0) is 13.1. The SMILES string of the molecule is C/C(=C\c1ccccn1)c1cccc2ccccc12. The average Bonchev–Trinajstić information content (AvgIpc) is 2.47. The Morgan fingerprint density at radius 1 is 0.895 bits per heavy atom. The van der Waals surface area contributed by atoms with Gasteiger partial charge in [0, 0.05) is 6.20 Å². The van der Waals surface area contributed by atoms with Gasteiger partial charge in [0.25, 0.3) is 0 Å². The second kappa shape index (κ2) is 5.07. The summed E-state index contributed by atoms with van der Waals surface area (Å²) in [6, 6.07) is 20.9. The highest BCUT2D eigenvalue weighted by Crippen LogP contribution is 2.25. The maximum atomic E-state index is 4.35. The molecular weight excluding hydrogens is 230 g/mol. The summed E-state index contributed by atoms with van der Waals surface area (Å²) in [5.41, 5.74) is 3.49. The van der Waals surface area contributed by atoms with Gasteiger partial charge in [-0.1, -0.05) is 48.5 Å². The van der Waals surface area contributed by atoms with E-state index in [0.29, 0.717) is 0 Å². The molecule has 1 nitrogen and oxygen atoms in total. The van der Waals surface area contributed by atoms with Crippen LogP contribution in [0.4, 0.5) is 0 Å². The Bertz CT molecular complexity index is 722. The lowest BCUT2D eigenvalue weighted by Crippen LogP contribution is -1.84. The molecule has 2 aromatic carbocycles. The van der Waals surface area contributed by atoms with Gasteiger partial charge in [0.15, 0.2) is 0 Å². The van der Waals surface area contributed by atoms with Crippen molar-refractivity contribution in [1.82, 2.24) is 4.98 Å². The molecule has 0 amide bonds. The molecule has 1 heteroatoms. The van der Waals surface area contributed by atoms with Crippen molar-refractivity contribution >= 4 is 22.4 Å². The van der Waals surface area contributed by atoms with Gasteiger partial charge in [-0.25, -0.2) is 0 Å². The van der Waals surface area contributed by atoms with Gasteiger partial charge in [0.1, 0.15) is 0 Å². The molecule has 92 valence electrons. The first kappa shape index (κ1) is 11.7. The summed E-state index contributed by atoms with van der Waals surface area (Å²) < 4.78 is 0. The first-order valence-corrected chi connectivity index (χ1v) is 6.42. The summed E-state index contributed by atoms with van der Waals surface area (Å²) in [5, 5.41) is 2.56. The predicted molar refractivity (Wildman–Crippen MR) is 81.7 cm³/mol. The van der Waals surface area contributed by atoms with Crippen LogP contribution in [0, 0.1) is 0 Å². The van der Waals surface area contributed by atoms with Crippen molar-refractivity contribution < 1.29 is 0 Å². The van der Waals surface area contributed by atoms with Crippen molar-refractivity contribution in [2.24, 2.45) is 0 Å². The third-order valence-electron chi connectivity index (χ3n) is 3.27. The minimum Gasteiger partial charge on any atom is -0.257 e. The van der Waals surface area contributed by atoms with Crippen molar-refractivity contribution in [2.75, 3.05) is 0 Å². The number of pyridine rings is 1. The third kappa shape index (κ3) is 2.41. The minimum atomic E-state index is 0.993. The molecule has 0 fully saturated rings. The van der Waals surface area contributed by atoms with Crippen LogP contribution in [0.2, 0.25) is 0 Å². The van der Waals surface area contributed by atoms with Crippen LogP contribution in [0.25, 0.3) is 22.4 Å². The number of allylic oxidation sites excluding steroid dienone is 1. The number of hydrogen-bond donors (Lipinski definition) is 0. The van der Waals surface area contributed by atoms with Gasteiger partial charge in [-0.05, 0) is 47.0 Å². The molecule has 19 heavy (non-hydrogen) atoms. The lowest BCUT2D eigenvalue weighted by molar-refractivity contribution is 1.29. The molecule has 0 bridgehead atoms. The quantitative estimate of drug-likeness (QED) is 0.632. The topological polar surface area (TPSA) is 12.9 Å². The monoisotopic (exact) mass is 245 g/mol. The Morgan fingerprint density at radius 2 is 1.68 bits per heavy atom. The molecule has 0 unspecified atom stereocenters. The van der Waals surface area contributed by atoms with E-state index in [9.17, 15) is 0 Å². The number of aromatic nitrogens is 1. The number of hydrogen-bond acceptors (Lipinski definition) is 1. The first-order chi connectivity index (χ1) is 9.34.